The van der Waals surface area contributed by atoms with Crippen molar-refractivity contribution in [3.05, 3.63) is 57.8 Å². The van der Waals surface area contributed by atoms with Crippen LogP contribution in [-0.4, -0.2) is 5.91 Å². The molecule has 3 heteroatoms. The lowest BCUT2D eigenvalue weighted by Crippen LogP contribution is -2.10. The first-order valence-electron chi connectivity index (χ1n) is 6.70. The number of hydrogen-bond donors (Lipinski definition) is 1. The third-order valence-corrected chi connectivity index (χ3v) is 3.97. The van der Waals surface area contributed by atoms with Gasteiger partial charge in [-0.2, -0.15) is 0 Å². The van der Waals surface area contributed by atoms with Crippen molar-refractivity contribution in [1.29, 1.82) is 0 Å². The van der Waals surface area contributed by atoms with E-state index in [1.54, 1.807) is 17.4 Å². The molecule has 2 aromatic rings. The molecular weight excluding hydrogens is 266 g/mol. The third kappa shape index (κ3) is 3.81. The first-order valence-corrected chi connectivity index (χ1v) is 7.52. The lowest BCUT2D eigenvalue weighted by atomic mass is 10.0. The van der Waals surface area contributed by atoms with Crippen molar-refractivity contribution in [3.63, 3.8) is 0 Å². The number of aryl methyl sites for hydroxylation is 1. The summed E-state index contributed by atoms with van der Waals surface area (Å²) in [5.41, 5.74) is 2.04. The molecule has 0 aliphatic carbocycles. The van der Waals surface area contributed by atoms with Gasteiger partial charge in [-0.25, -0.2) is 0 Å². The van der Waals surface area contributed by atoms with Gasteiger partial charge in [-0.1, -0.05) is 32.0 Å². The van der Waals surface area contributed by atoms with Crippen LogP contribution in [0, 0.1) is 6.92 Å². The van der Waals surface area contributed by atoms with Gasteiger partial charge < -0.3 is 5.32 Å². The maximum atomic E-state index is 12.0. The molecule has 1 aromatic carbocycles. The van der Waals surface area contributed by atoms with Crippen molar-refractivity contribution in [2.45, 2.75) is 26.7 Å². The highest BCUT2D eigenvalue weighted by molar-refractivity contribution is 7.12. The van der Waals surface area contributed by atoms with Crippen molar-refractivity contribution in [1.82, 2.24) is 0 Å². The first kappa shape index (κ1) is 14.5. The highest BCUT2D eigenvalue weighted by atomic mass is 32.1. The van der Waals surface area contributed by atoms with Crippen LogP contribution in [0.1, 0.15) is 35.1 Å². The van der Waals surface area contributed by atoms with Crippen LogP contribution in [0.4, 0.5) is 5.69 Å². The van der Waals surface area contributed by atoms with E-state index in [2.05, 4.69) is 32.2 Å². The van der Waals surface area contributed by atoms with E-state index in [1.807, 2.05) is 36.4 Å². The molecule has 1 heterocycles. The number of benzene rings is 1. The van der Waals surface area contributed by atoms with Crippen molar-refractivity contribution >= 4 is 29.0 Å². The number of nitrogens with one attached hydrogen (secondary N) is 1. The maximum absolute atomic E-state index is 12.0. The van der Waals surface area contributed by atoms with Crippen LogP contribution in [0.3, 0.4) is 0 Å². The summed E-state index contributed by atoms with van der Waals surface area (Å²) in [5, 5.41) is 2.95. The molecule has 2 nitrogen and oxygen atoms in total. The van der Waals surface area contributed by atoms with Crippen LogP contribution in [0.2, 0.25) is 0 Å². The molecule has 0 radical (unpaired) electrons. The Bertz CT molecular complexity index is 625. The Labute approximate surface area is 124 Å². The summed E-state index contributed by atoms with van der Waals surface area (Å²) in [5.74, 6) is 0.291. The number of carbonyl (C=O) groups excluding carboxylic acids is 1. The zero-order valence-corrected chi connectivity index (χ0v) is 12.8. The predicted octanol–water partition coefficient (Wildman–Crippen LogP) is 4.83. The molecule has 0 unspecified atom stereocenters. The van der Waals surface area contributed by atoms with E-state index in [-0.39, 0.29) is 5.91 Å². The molecule has 0 spiro atoms. The summed E-state index contributed by atoms with van der Waals surface area (Å²) < 4.78 is 0. The fourth-order valence-corrected chi connectivity index (χ4v) is 2.77. The second-order valence-electron chi connectivity index (χ2n) is 5.01. The Hall–Kier alpha value is -1.87. The van der Waals surface area contributed by atoms with Gasteiger partial charge in [-0.3, -0.25) is 4.79 Å². The maximum Gasteiger partial charge on any atom is 0.248 e. The van der Waals surface area contributed by atoms with Gasteiger partial charge in [0.05, 0.1) is 0 Å². The fourth-order valence-electron chi connectivity index (χ4n) is 1.99. The molecule has 1 amide bonds. The molecule has 0 saturated carbocycles. The Morgan fingerprint density at radius 2 is 1.95 bits per heavy atom. The van der Waals surface area contributed by atoms with E-state index in [9.17, 15) is 4.79 Å². The van der Waals surface area contributed by atoms with E-state index < -0.39 is 0 Å². The highest BCUT2D eigenvalue weighted by Gasteiger charge is 2.07. The second-order valence-corrected chi connectivity index (χ2v) is 6.33. The van der Waals surface area contributed by atoms with E-state index in [0.717, 1.165) is 16.1 Å². The minimum Gasteiger partial charge on any atom is -0.322 e. The number of rotatable bonds is 4. The molecular formula is C17H19NOS. The van der Waals surface area contributed by atoms with E-state index in [1.165, 1.54) is 4.88 Å². The Balaban J connectivity index is 2.07. The first-order chi connectivity index (χ1) is 9.56. The summed E-state index contributed by atoms with van der Waals surface area (Å²) in [7, 11) is 0. The van der Waals surface area contributed by atoms with Gasteiger partial charge in [0.1, 0.15) is 0 Å². The number of hydrogen-bond acceptors (Lipinski definition) is 2. The summed E-state index contributed by atoms with van der Waals surface area (Å²) >= 11 is 1.68. The van der Waals surface area contributed by atoms with Crippen LogP contribution in [0.25, 0.3) is 6.08 Å². The van der Waals surface area contributed by atoms with Crippen molar-refractivity contribution < 1.29 is 4.79 Å². The number of amides is 1. The number of anilines is 1. The van der Waals surface area contributed by atoms with Gasteiger partial charge in [0.15, 0.2) is 0 Å². The van der Waals surface area contributed by atoms with Gasteiger partial charge in [0, 0.05) is 21.5 Å². The molecule has 1 N–H and O–H groups in total. The molecule has 0 fully saturated rings. The standard InChI is InChI=1S/C17H19NOS/c1-12(2)15-6-4-5-7-16(15)18-17(19)11-10-14-9-8-13(3)20-14/h4-12H,1-3H3,(H,18,19)/b11-10+. The Morgan fingerprint density at radius 1 is 1.20 bits per heavy atom. The van der Waals surface area contributed by atoms with Crippen LogP contribution < -0.4 is 5.32 Å². The molecule has 1 aromatic heterocycles. The average molecular weight is 285 g/mol. The summed E-state index contributed by atoms with van der Waals surface area (Å²) in [6, 6.07) is 12.0. The van der Waals surface area contributed by atoms with Crippen molar-refractivity contribution in [2.75, 3.05) is 5.32 Å². The van der Waals surface area contributed by atoms with Crippen LogP contribution in [0.5, 0.6) is 0 Å². The van der Waals surface area contributed by atoms with Crippen molar-refractivity contribution in [2.24, 2.45) is 0 Å². The molecule has 104 valence electrons. The van der Waals surface area contributed by atoms with E-state index >= 15 is 0 Å². The average Bonchev–Trinajstić information content (AvgIpc) is 2.83. The quantitative estimate of drug-likeness (QED) is 0.801. The lowest BCUT2D eigenvalue weighted by molar-refractivity contribution is -0.111. The fraction of sp³-hybridized carbons (Fsp3) is 0.235. The predicted molar refractivity (Wildman–Crippen MR) is 87.3 cm³/mol. The SMILES string of the molecule is Cc1ccc(/C=C/C(=O)Nc2ccccc2C(C)C)s1. The highest BCUT2D eigenvalue weighted by Crippen LogP contribution is 2.23. The second kappa shape index (κ2) is 6.53. The normalized spacial score (nSPS) is 11.2. The topological polar surface area (TPSA) is 29.1 Å². The zero-order valence-electron chi connectivity index (χ0n) is 12.0. The number of carbonyl (C=O) groups is 1. The summed E-state index contributed by atoms with van der Waals surface area (Å²) in [6.07, 6.45) is 3.44. The minimum atomic E-state index is -0.0934. The molecule has 0 bridgehead atoms. The molecule has 0 saturated heterocycles. The van der Waals surface area contributed by atoms with Crippen LogP contribution in [0.15, 0.2) is 42.5 Å². The number of para-hydroxylation sites is 1. The molecule has 0 atom stereocenters. The molecule has 20 heavy (non-hydrogen) atoms. The molecule has 2 rings (SSSR count). The summed E-state index contributed by atoms with van der Waals surface area (Å²) in [4.78, 5) is 14.3. The van der Waals surface area contributed by atoms with Gasteiger partial charge in [0.2, 0.25) is 5.91 Å². The Kier molecular flexibility index (Phi) is 4.74. The van der Waals surface area contributed by atoms with Gasteiger partial charge >= 0.3 is 0 Å². The minimum absolute atomic E-state index is 0.0934. The lowest BCUT2D eigenvalue weighted by Gasteiger charge is -2.12. The zero-order chi connectivity index (χ0) is 14.5. The van der Waals surface area contributed by atoms with Gasteiger partial charge in [-0.15, -0.1) is 11.3 Å². The van der Waals surface area contributed by atoms with Gasteiger partial charge in [0.25, 0.3) is 0 Å². The summed E-state index contributed by atoms with van der Waals surface area (Å²) in [6.45, 7) is 6.30. The van der Waals surface area contributed by atoms with Crippen molar-refractivity contribution in [3.8, 4) is 0 Å². The smallest absolute Gasteiger partial charge is 0.248 e. The van der Waals surface area contributed by atoms with E-state index in [0.29, 0.717) is 5.92 Å². The molecule has 0 aliphatic heterocycles. The van der Waals surface area contributed by atoms with E-state index in [4.69, 9.17) is 0 Å². The van der Waals surface area contributed by atoms with Crippen LogP contribution in [-0.2, 0) is 4.79 Å². The number of thiophene rings is 1. The monoisotopic (exact) mass is 285 g/mol. The van der Waals surface area contributed by atoms with Gasteiger partial charge in [-0.05, 0) is 42.7 Å². The Morgan fingerprint density at radius 3 is 2.60 bits per heavy atom. The third-order valence-electron chi connectivity index (χ3n) is 3.00. The molecule has 0 aliphatic rings. The largest absolute Gasteiger partial charge is 0.322 e. The van der Waals surface area contributed by atoms with Crippen LogP contribution >= 0.6 is 11.3 Å².